The molecule has 0 amide bonds. The molecule has 2 rings (SSSR count). The van der Waals surface area contributed by atoms with Crippen molar-refractivity contribution >= 4 is 15.7 Å². The van der Waals surface area contributed by atoms with Crippen LogP contribution in [0.15, 0.2) is 35.5 Å². The van der Waals surface area contributed by atoms with Gasteiger partial charge in [-0.3, -0.25) is 9.40 Å². The molecule has 0 atom stereocenters. The smallest absolute Gasteiger partial charge is 0.279 e. The Labute approximate surface area is 121 Å². The average Bonchev–Trinajstić information content (AvgIpc) is 2.86. The van der Waals surface area contributed by atoms with Gasteiger partial charge in [0.2, 0.25) is 0 Å². The van der Waals surface area contributed by atoms with E-state index in [1.54, 1.807) is 0 Å². The summed E-state index contributed by atoms with van der Waals surface area (Å²) in [7, 11) is -2.42. The number of nitrogens with one attached hydrogen (secondary N) is 1. The van der Waals surface area contributed by atoms with Crippen LogP contribution in [0.5, 0.6) is 0 Å². The minimum absolute atomic E-state index is 0.0612. The summed E-state index contributed by atoms with van der Waals surface area (Å²) < 4.78 is 41.5. The Kier molecular flexibility index (Phi) is 4.26. The van der Waals surface area contributed by atoms with Crippen LogP contribution in [0.2, 0.25) is 0 Å². The normalized spacial score (nSPS) is 10.8. The van der Waals surface area contributed by atoms with E-state index in [-0.39, 0.29) is 17.3 Å². The maximum Gasteiger partial charge on any atom is 0.279 e. The van der Waals surface area contributed by atoms with Gasteiger partial charge in [0.1, 0.15) is 5.82 Å². The average molecular weight is 308 g/mol. The van der Waals surface area contributed by atoms with Crippen LogP contribution >= 0.6 is 0 Å². The van der Waals surface area contributed by atoms with E-state index in [0.717, 1.165) is 6.07 Å². The minimum atomic E-state index is -3.90. The molecular weight excluding hydrogens is 295 g/mol. The van der Waals surface area contributed by atoms with Gasteiger partial charge in [-0.05, 0) is 24.3 Å². The molecule has 1 aromatic heterocycles. The minimum Gasteiger partial charge on any atom is -0.320 e. The Balaban J connectivity index is 2.30. The zero-order valence-corrected chi connectivity index (χ0v) is 12.0. The van der Waals surface area contributed by atoms with Crippen molar-refractivity contribution < 1.29 is 12.8 Å². The molecule has 0 aliphatic heterocycles. The molecule has 0 aliphatic carbocycles. The lowest BCUT2D eigenvalue weighted by molar-refractivity contribution is 0.580. The molecule has 6 nitrogen and oxygen atoms in total. The summed E-state index contributed by atoms with van der Waals surface area (Å²) in [5.41, 5.74) is 5.49. The van der Waals surface area contributed by atoms with E-state index >= 15 is 0 Å². The van der Waals surface area contributed by atoms with Crippen LogP contribution in [0, 0.1) is 17.7 Å². The third-order valence-electron chi connectivity index (χ3n) is 2.60. The summed E-state index contributed by atoms with van der Waals surface area (Å²) in [5.74, 6) is 4.54. The number of nitrogens with two attached hydrogens (primary N) is 1. The molecule has 0 unspecified atom stereocenters. The molecule has 1 heterocycles. The first-order chi connectivity index (χ1) is 9.94. The fourth-order valence-corrected chi connectivity index (χ4v) is 2.85. The highest BCUT2D eigenvalue weighted by Gasteiger charge is 2.19. The molecule has 110 valence electrons. The molecule has 3 N–H and O–H groups in total. The number of anilines is 1. The van der Waals surface area contributed by atoms with Gasteiger partial charge < -0.3 is 5.73 Å². The predicted molar refractivity (Wildman–Crippen MR) is 76.3 cm³/mol. The van der Waals surface area contributed by atoms with Crippen LogP contribution in [0.1, 0.15) is 5.56 Å². The molecule has 8 heteroatoms. The molecule has 0 spiro atoms. The van der Waals surface area contributed by atoms with Gasteiger partial charge in [0.25, 0.3) is 10.0 Å². The fraction of sp³-hybridized carbons (Fsp3) is 0.154. The second-order valence-corrected chi connectivity index (χ2v) is 5.73. The van der Waals surface area contributed by atoms with Gasteiger partial charge >= 0.3 is 0 Å². The van der Waals surface area contributed by atoms with Crippen molar-refractivity contribution in [3.63, 3.8) is 0 Å². The predicted octanol–water partition coefficient (Wildman–Crippen LogP) is 0.670. The van der Waals surface area contributed by atoms with E-state index in [2.05, 4.69) is 21.7 Å². The first-order valence-corrected chi connectivity index (χ1v) is 7.41. The van der Waals surface area contributed by atoms with Gasteiger partial charge in [-0.25, -0.2) is 4.39 Å². The second-order valence-electron chi connectivity index (χ2n) is 4.10. The van der Waals surface area contributed by atoms with Crippen molar-refractivity contribution in [1.82, 2.24) is 9.78 Å². The molecule has 0 saturated carbocycles. The van der Waals surface area contributed by atoms with E-state index in [9.17, 15) is 12.8 Å². The Morgan fingerprint density at radius 1 is 1.43 bits per heavy atom. The summed E-state index contributed by atoms with van der Waals surface area (Å²) in [6.45, 7) is 0.163. The van der Waals surface area contributed by atoms with Gasteiger partial charge in [0.15, 0.2) is 5.03 Å². The van der Waals surface area contributed by atoms with Crippen molar-refractivity contribution in [3.8, 4) is 11.8 Å². The van der Waals surface area contributed by atoms with Gasteiger partial charge in [-0.2, -0.15) is 13.5 Å². The van der Waals surface area contributed by atoms with Gasteiger partial charge in [-0.15, -0.1) is 0 Å². The standard InChI is InChI=1S/C13H13FN4O2S/c1-18-13(6-8-16-18)21(19,20)17-12-5-4-10(3-2-7-15)9-11(12)14/h4-6,8-9,17H,7,15H2,1H3. The molecular formula is C13H13FN4O2S. The van der Waals surface area contributed by atoms with Crippen molar-refractivity contribution in [2.75, 3.05) is 11.3 Å². The maximum absolute atomic E-state index is 13.9. The number of rotatable bonds is 3. The Hall–Kier alpha value is -2.37. The topological polar surface area (TPSA) is 90.0 Å². The number of benzene rings is 1. The Morgan fingerprint density at radius 3 is 2.76 bits per heavy atom. The summed E-state index contributed by atoms with van der Waals surface area (Å²) in [4.78, 5) is 0. The third-order valence-corrected chi connectivity index (χ3v) is 4.04. The summed E-state index contributed by atoms with van der Waals surface area (Å²) in [6.07, 6.45) is 1.34. The Bertz CT molecular complexity index is 818. The second kappa shape index (κ2) is 5.95. The van der Waals surface area contributed by atoms with Gasteiger partial charge in [-0.1, -0.05) is 11.8 Å². The van der Waals surface area contributed by atoms with Crippen molar-refractivity contribution in [1.29, 1.82) is 0 Å². The molecule has 0 bridgehead atoms. The number of hydrogen-bond donors (Lipinski definition) is 2. The number of aryl methyl sites for hydroxylation is 1. The molecule has 1 aromatic carbocycles. The van der Waals surface area contributed by atoms with Crippen LogP contribution in [-0.4, -0.2) is 24.7 Å². The van der Waals surface area contributed by atoms with Crippen LogP contribution in [-0.2, 0) is 17.1 Å². The van der Waals surface area contributed by atoms with Gasteiger partial charge in [0, 0.05) is 12.6 Å². The number of aromatic nitrogens is 2. The molecule has 21 heavy (non-hydrogen) atoms. The van der Waals surface area contributed by atoms with Crippen molar-refractivity contribution in [3.05, 3.63) is 41.8 Å². The van der Waals surface area contributed by atoms with Crippen molar-refractivity contribution in [2.45, 2.75) is 5.03 Å². The van der Waals surface area contributed by atoms with Crippen LogP contribution in [0.25, 0.3) is 0 Å². The molecule has 0 aliphatic rings. The fourth-order valence-electron chi connectivity index (χ4n) is 1.65. The lowest BCUT2D eigenvalue weighted by Gasteiger charge is -2.09. The highest BCUT2D eigenvalue weighted by atomic mass is 32.2. The largest absolute Gasteiger partial charge is 0.320 e. The van der Waals surface area contributed by atoms with Crippen molar-refractivity contribution in [2.24, 2.45) is 12.8 Å². The maximum atomic E-state index is 13.9. The van der Waals surface area contributed by atoms with Crippen LogP contribution in [0.4, 0.5) is 10.1 Å². The number of hydrogen-bond acceptors (Lipinski definition) is 4. The van der Waals surface area contributed by atoms with Gasteiger partial charge in [0.05, 0.1) is 18.4 Å². The zero-order chi connectivity index (χ0) is 15.5. The summed E-state index contributed by atoms with van der Waals surface area (Å²) in [6, 6.07) is 5.28. The molecule has 0 radical (unpaired) electrons. The Morgan fingerprint density at radius 2 is 2.19 bits per heavy atom. The first kappa shape index (κ1) is 15.0. The molecule has 0 fully saturated rings. The number of nitrogens with zero attached hydrogens (tertiary/aromatic N) is 2. The summed E-state index contributed by atoms with van der Waals surface area (Å²) >= 11 is 0. The van der Waals surface area contributed by atoms with E-state index in [4.69, 9.17) is 5.73 Å². The lowest BCUT2D eigenvalue weighted by atomic mass is 10.2. The highest BCUT2D eigenvalue weighted by molar-refractivity contribution is 7.92. The van der Waals surface area contributed by atoms with E-state index in [0.29, 0.717) is 5.56 Å². The number of sulfonamides is 1. The van der Waals surface area contributed by atoms with E-state index in [1.165, 1.54) is 36.1 Å². The summed E-state index contributed by atoms with van der Waals surface area (Å²) in [5, 5.41) is 3.71. The quantitative estimate of drug-likeness (QED) is 0.816. The highest BCUT2D eigenvalue weighted by Crippen LogP contribution is 2.19. The van der Waals surface area contributed by atoms with E-state index < -0.39 is 15.8 Å². The zero-order valence-electron chi connectivity index (χ0n) is 11.2. The first-order valence-electron chi connectivity index (χ1n) is 5.93. The number of halogens is 1. The van der Waals surface area contributed by atoms with E-state index in [1.807, 2.05) is 0 Å². The molecule has 2 aromatic rings. The molecule has 0 saturated heterocycles. The lowest BCUT2D eigenvalue weighted by Crippen LogP contribution is -2.17. The van der Waals surface area contributed by atoms with Crippen LogP contribution < -0.4 is 10.5 Å². The third kappa shape index (κ3) is 3.39. The van der Waals surface area contributed by atoms with Crippen LogP contribution in [0.3, 0.4) is 0 Å². The monoisotopic (exact) mass is 308 g/mol. The SMILES string of the molecule is Cn1nccc1S(=O)(=O)Nc1ccc(C#CCN)cc1F.